The van der Waals surface area contributed by atoms with E-state index in [1.807, 2.05) is 12.1 Å². The van der Waals surface area contributed by atoms with Gasteiger partial charge in [0, 0.05) is 10.9 Å². The fourth-order valence-corrected chi connectivity index (χ4v) is 2.68. The van der Waals surface area contributed by atoms with Gasteiger partial charge in [-0.2, -0.15) is 5.10 Å². The lowest BCUT2D eigenvalue weighted by Crippen LogP contribution is -2.07. The van der Waals surface area contributed by atoms with Crippen LogP contribution in [0.1, 0.15) is 18.2 Å². The molecule has 0 radical (unpaired) electrons. The van der Waals surface area contributed by atoms with Crippen molar-refractivity contribution in [2.75, 3.05) is 25.7 Å². The fraction of sp³-hybridized carbons (Fsp3) is 0.278. The van der Waals surface area contributed by atoms with Gasteiger partial charge in [-0.25, -0.2) is 4.98 Å². The summed E-state index contributed by atoms with van der Waals surface area (Å²) in [6.07, 6.45) is 6.97. The Kier molecular flexibility index (Phi) is 7.46. The first-order valence-corrected chi connectivity index (χ1v) is 8.68. The number of ether oxygens (including phenoxy) is 3. The van der Waals surface area contributed by atoms with Crippen LogP contribution in [0.5, 0.6) is 11.5 Å². The maximum absolute atomic E-state index is 11.5. The van der Waals surface area contributed by atoms with E-state index < -0.39 is 0 Å². The quantitative estimate of drug-likeness (QED) is 0.315. The molecule has 0 fully saturated rings. The summed E-state index contributed by atoms with van der Waals surface area (Å²) in [4.78, 5) is 15.7. The van der Waals surface area contributed by atoms with E-state index in [0.717, 1.165) is 0 Å². The number of terminal acetylenes is 1. The highest BCUT2D eigenvalue weighted by Crippen LogP contribution is 2.30. The monoisotopic (exact) mass is 373 g/mol. The van der Waals surface area contributed by atoms with Crippen molar-refractivity contribution in [1.82, 2.24) is 4.98 Å². The standard InChI is InChI=1S/C18H19N3O4S/c1-4-9-25-17-13(7-6-8-15(17)23-3)11-19-21-18-20-14(12-26-18)10-16(22)24-5-2/h1,6-8,11-12H,5,9-10H2,2-3H3,(H,20,21). The average molecular weight is 373 g/mol. The Balaban J connectivity index is 2.03. The third kappa shape index (κ3) is 5.50. The second-order valence-electron chi connectivity index (χ2n) is 4.87. The highest BCUT2D eigenvalue weighted by Gasteiger charge is 2.10. The molecule has 136 valence electrons. The summed E-state index contributed by atoms with van der Waals surface area (Å²) in [6.45, 7) is 2.24. The van der Waals surface area contributed by atoms with Crippen LogP contribution in [0, 0.1) is 12.3 Å². The minimum Gasteiger partial charge on any atom is -0.493 e. The number of esters is 1. The molecule has 8 heteroatoms. The molecule has 0 aliphatic heterocycles. The van der Waals surface area contributed by atoms with E-state index in [9.17, 15) is 4.79 Å². The summed E-state index contributed by atoms with van der Waals surface area (Å²) in [5.41, 5.74) is 4.16. The van der Waals surface area contributed by atoms with Crippen LogP contribution in [0.15, 0.2) is 28.7 Å². The topological polar surface area (TPSA) is 82.0 Å². The van der Waals surface area contributed by atoms with Crippen LogP contribution >= 0.6 is 11.3 Å². The van der Waals surface area contributed by atoms with Crippen LogP contribution in [0.2, 0.25) is 0 Å². The Hall–Kier alpha value is -3.05. The second-order valence-corrected chi connectivity index (χ2v) is 5.73. The number of carbonyl (C=O) groups is 1. The number of nitrogens with zero attached hydrogens (tertiary/aromatic N) is 2. The number of hydrogen-bond donors (Lipinski definition) is 1. The van der Waals surface area contributed by atoms with Gasteiger partial charge in [-0.1, -0.05) is 12.0 Å². The van der Waals surface area contributed by atoms with Crippen LogP contribution in [-0.2, 0) is 16.0 Å². The Morgan fingerprint density at radius 1 is 1.50 bits per heavy atom. The van der Waals surface area contributed by atoms with E-state index in [1.54, 1.807) is 31.7 Å². The lowest BCUT2D eigenvalue weighted by molar-refractivity contribution is -0.142. The minimum atomic E-state index is -0.306. The molecule has 0 spiro atoms. The van der Waals surface area contributed by atoms with Gasteiger partial charge in [0.15, 0.2) is 11.5 Å². The molecule has 2 aromatic rings. The first-order valence-electron chi connectivity index (χ1n) is 7.80. The predicted molar refractivity (Wildman–Crippen MR) is 101 cm³/mol. The molecule has 0 aliphatic carbocycles. The molecule has 2 rings (SSSR count). The van der Waals surface area contributed by atoms with E-state index in [-0.39, 0.29) is 19.0 Å². The van der Waals surface area contributed by atoms with Crippen molar-refractivity contribution in [3.8, 4) is 23.8 Å². The lowest BCUT2D eigenvalue weighted by atomic mass is 10.2. The molecule has 0 saturated carbocycles. The van der Waals surface area contributed by atoms with Crippen LogP contribution < -0.4 is 14.9 Å². The summed E-state index contributed by atoms with van der Waals surface area (Å²) in [7, 11) is 1.55. The number of hydrazone groups is 1. The van der Waals surface area contributed by atoms with Crippen molar-refractivity contribution >= 4 is 28.7 Å². The number of aromatic nitrogens is 1. The van der Waals surface area contributed by atoms with Gasteiger partial charge >= 0.3 is 5.97 Å². The number of nitrogens with one attached hydrogen (secondary N) is 1. The van der Waals surface area contributed by atoms with Gasteiger partial charge < -0.3 is 14.2 Å². The molecule has 7 nitrogen and oxygen atoms in total. The largest absolute Gasteiger partial charge is 0.493 e. The highest BCUT2D eigenvalue weighted by atomic mass is 32.1. The number of hydrogen-bond acceptors (Lipinski definition) is 8. The first-order chi connectivity index (χ1) is 12.7. The highest BCUT2D eigenvalue weighted by molar-refractivity contribution is 7.13. The molecule has 0 amide bonds. The molecule has 1 aromatic heterocycles. The summed E-state index contributed by atoms with van der Waals surface area (Å²) < 4.78 is 15.7. The summed E-state index contributed by atoms with van der Waals surface area (Å²) >= 11 is 1.34. The van der Waals surface area contributed by atoms with Gasteiger partial charge in [-0.05, 0) is 19.1 Å². The summed E-state index contributed by atoms with van der Waals surface area (Å²) in [5.74, 6) is 3.19. The van der Waals surface area contributed by atoms with Gasteiger partial charge in [-0.15, -0.1) is 17.8 Å². The number of rotatable bonds is 9. The summed E-state index contributed by atoms with van der Waals surface area (Å²) in [6, 6.07) is 5.43. The predicted octanol–water partition coefficient (Wildman–Crippen LogP) is 2.72. The fourth-order valence-electron chi connectivity index (χ4n) is 2.02. The first kappa shape index (κ1) is 19.3. The van der Waals surface area contributed by atoms with Crippen LogP contribution in [0.25, 0.3) is 0 Å². The molecule has 26 heavy (non-hydrogen) atoms. The van der Waals surface area contributed by atoms with Gasteiger partial charge in [0.1, 0.15) is 6.61 Å². The third-order valence-corrected chi connectivity index (χ3v) is 3.87. The SMILES string of the molecule is C#CCOc1c(C=NNc2nc(CC(=O)OCC)cs2)cccc1OC. The normalized spacial score (nSPS) is 10.3. The molecule has 0 unspecified atom stereocenters. The molecule has 0 aliphatic rings. The molecule has 0 bridgehead atoms. The number of methoxy groups -OCH3 is 1. The Morgan fingerprint density at radius 3 is 3.08 bits per heavy atom. The van der Waals surface area contributed by atoms with Crippen molar-refractivity contribution in [3.05, 3.63) is 34.8 Å². The number of carbonyl (C=O) groups excluding carboxylic acids is 1. The molecular formula is C18H19N3O4S. The Labute approximate surface area is 156 Å². The smallest absolute Gasteiger partial charge is 0.311 e. The van der Waals surface area contributed by atoms with E-state index in [0.29, 0.717) is 34.5 Å². The van der Waals surface area contributed by atoms with Crippen molar-refractivity contribution < 1.29 is 19.0 Å². The van der Waals surface area contributed by atoms with Gasteiger partial charge in [0.25, 0.3) is 0 Å². The molecule has 1 heterocycles. The second kappa shape index (κ2) is 10.1. The molecule has 0 saturated heterocycles. The van der Waals surface area contributed by atoms with E-state index in [1.165, 1.54) is 11.3 Å². The van der Waals surface area contributed by atoms with Gasteiger partial charge in [0.2, 0.25) is 5.13 Å². The van der Waals surface area contributed by atoms with Gasteiger partial charge in [0.05, 0.1) is 32.0 Å². The van der Waals surface area contributed by atoms with Crippen molar-refractivity contribution in [3.63, 3.8) is 0 Å². The zero-order chi connectivity index (χ0) is 18.8. The third-order valence-electron chi connectivity index (χ3n) is 3.08. The zero-order valence-corrected chi connectivity index (χ0v) is 15.3. The van der Waals surface area contributed by atoms with Crippen LogP contribution in [-0.4, -0.2) is 37.5 Å². The lowest BCUT2D eigenvalue weighted by Gasteiger charge is -2.11. The van der Waals surface area contributed by atoms with Crippen LogP contribution in [0.3, 0.4) is 0 Å². The Morgan fingerprint density at radius 2 is 2.35 bits per heavy atom. The van der Waals surface area contributed by atoms with Gasteiger partial charge in [-0.3, -0.25) is 10.2 Å². The molecule has 1 N–H and O–H groups in total. The van der Waals surface area contributed by atoms with Crippen molar-refractivity contribution in [1.29, 1.82) is 0 Å². The Bertz CT molecular complexity index is 811. The number of thiazole rings is 1. The van der Waals surface area contributed by atoms with E-state index in [4.69, 9.17) is 20.6 Å². The number of para-hydroxylation sites is 1. The summed E-state index contributed by atoms with van der Waals surface area (Å²) in [5, 5.41) is 6.50. The van der Waals surface area contributed by atoms with E-state index in [2.05, 4.69) is 21.4 Å². The van der Waals surface area contributed by atoms with E-state index >= 15 is 0 Å². The zero-order valence-electron chi connectivity index (χ0n) is 14.5. The maximum atomic E-state index is 11.5. The molecule has 1 aromatic carbocycles. The number of benzene rings is 1. The number of anilines is 1. The average Bonchev–Trinajstić information content (AvgIpc) is 3.07. The minimum absolute atomic E-state index is 0.123. The maximum Gasteiger partial charge on any atom is 0.311 e. The van der Waals surface area contributed by atoms with Crippen LogP contribution in [0.4, 0.5) is 5.13 Å². The molecule has 0 atom stereocenters. The molecular weight excluding hydrogens is 354 g/mol. The van der Waals surface area contributed by atoms with Crippen molar-refractivity contribution in [2.24, 2.45) is 5.10 Å². The van der Waals surface area contributed by atoms with Crippen molar-refractivity contribution in [2.45, 2.75) is 13.3 Å².